The van der Waals surface area contributed by atoms with Crippen LogP contribution < -0.4 is 9.80 Å². The van der Waals surface area contributed by atoms with E-state index < -0.39 is 0 Å². The predicted octanol–water partition coefficient (Wildman–Crippen LogP) is 3.88. The zero-order valence-corrected chi connectivity index (χ0v) is 19.5. The third-order valence-corrected chi connectivity index (χ3v) is 6.27. The van der Waals surface area contributed by atoms with Crippen LogP contribution in [0.3, 0.4) is 0 Å². The molecule has 35 heavy (non-hydrogen) atoms. The van der Waals surface area contributed by atoms with Gasteiger partial charge in [-0.25, -0.2) is 4.98 Å². The van der Waals surface area contributed by atoms with Gasteiger partial charge in [-0.1, -0.05) is 12.1 Å². The molecule has 10 nitrogen and oxygen atoms in total. The SMILES string of the molecule is COCCN1CCN(c2ccccc2N(c2ccc([N+](=O)[O-])cc2)c2ccnc3ccnn23)CC1. The van der Waals surface area contributed by atoms with Crippen molar-refractivity contribution in [2.24, 2.45) is 0 Å². The molecule has 2 aromatic heterocycles. The van der Waals surface area contributed by atoms with E-state index in [0.717, 1.165) is 67.9 Å². The second-order valence-corrected chi connectivity index (χ2v) is 8.32. The first-order chi connectivity index (χ1) is 17.2. The molecule has 0 amide bonds. The summed E-state index contributed by atoms with van der Waals surface area (Å²) in [5.41, 5.74) is 3.63. The van der Waals surface area contributed by atoms with Gasteiger partial charge in [-0.05, 0) is 30.3 Å². The quantitative estimate of drug-likeness (QED) is 0.281. The van der Waals surface area contributed by atoms with Crippen molar-refractivity contribution in [2.45, 2.75) is 0 Å². The second-order valence-electron chi connectivity index (χ2n) is 8.32. The maximum Gasteiger partial charge on any atom is 0.269 e. The summed E-state index contributed by atoms with van der Waals surface area (Å²) in [6.45, 7) is 5.34. The first-order valence-corrected chi connectivity index (χ1v) is 11.5. The normalized spacial score (nSPS) is 14.4. The number of nitrogens with zero attached hydrogens (tertiary/aromatic N) is 7. The lowest BCUT2D eigenvalue weighted by atomic mass is 10.1. The van der Waals surface area contributed by atoms with E-state index in [1.165, 1.54) is 12.1 Å². The largest absolute Gasteiger partial charge is 0.383 e. The smallest absolute Gasteiger partial charge is 0.269 e. The molecule has 3 heterocycles. The van der Waals surface area contributed by atoms with Crippen molar-refractivity contribution in [3.63, 3.8) is 0 Å². The molecular formula is C25H27N7O3. The van der Waals surface area contributed by atoms with Crippen LogP contribution in [0, 0.1) is 10.1 Å². The summed E-state index contributed by atoms with van der Waals surface area (Å²) in [7, 11) is 1.73. The first kappa shape index (κ1) is 22.8. The summed E-state index contributed by atoms with van der Waals surface area (Å²) in [6, 6.07) is 18.6. The Morgan fingerprint density at radius 1 is 1.00 bits per heavy atom. The Hall–Kier alpha value is -4.02. The molecule has 0 atom stereocenters. The van der Waals surface area contributed by atoms with Crippen molar-refractivity contribution in [3.8, 4) is 0 Å². The molecule has 180 valence electrons. The molecule has 1 aliphatic rings. The average Bonchev–Trinajstić information content (AvgIpc) is 3.38. The lowest BCUT2D eigenvalue weighted by Crippen LogP contribution is -2.47. The lowest BCUT2D eigenvalue weighted by molar-refractivity contribution is -0.384. The van der Waals surface area contributed by atoms with Gasteiger partial charge in [0.25, 0.3) is 5.69 Å². The highest BCUT2D eigenvalue weighted by molar-refractivity contribution is 5.84. The van der Waals surface area contributed by atoms with Crippen LogP contribution in [0.5, 0.6) is 0 Å². The predicted molar refractivity (Wildman–Crippen MR) is 135 cm³/mol. The van der Waals surface area contributed by atoms with Crippen LogP contribution in [0.1, 0.15) is 0 Å². The molecule has 0 unspecified atom stereocenters. The number of ether oxygens (including phenoxy) is 1. The molecule has 1 fully saturated rings. The van der Waals surface area contributed by atoms with E-state index in [1.54, 1.807) is 36.2 Å². The molecule has 1 aliphatic heterocycles. The van der Waals surface area contributed by atoms with Crippen LogP contribution >= 0.6 is 0 Å². The third kappa shape index (κ3) is 4.66. The van der Waals surface area contributed by atoms with E-state index in [0.29, 0.717) is 0 Å². The molecule has 0 N–H and O–H groups in total. The van der Waals surface area contributed by atoms with E-state index in [-0.39, 0.29) is 10.6 Å². The third-order valence-electron chi connectivity index (χ3n) is 6.27. The van der Waals surface area contributed by atoms with Gasteiger partial charge in [0.05, 0.1) is 29.1 Å². The van der Waals surface area contributed by atoms with Crippen LogP contribution in [0.4, 0.5) is 28.6 Å². The minimum absolute atomic E-state index is 0.0492. The standard InChI is InChI=1S/C25H27N7O3/c1-35-19-18-28-14-16-29(17-15-28)22-4-2-3-5-23(22)30(20-6-8-21(9-7-20)32(33)34)25-11-12-26-24-10-13-27-31(24)25/h2-13H,14-19H2,1H3. The summed E-state index contributed by atoms with van der Waals surface area (Å²) in [5.74, 6) is 0.792. The Bertz CT molecular complexity index is 1300. The van der Waals surface area contributed by atoms with Gasteiger partial charge >= 0.3 is 0 Å². The Morgan fingerprint density at radius 3 is 2.51 bits per heavy atom. The van der Waals surface area contributed by atoms with Crippen molar-refractivity contribution in [2.75, 3.05) is 56.2 Å². The molecule has 0 bridgehead atoms. The zero-order chi connectivity index (χ0) is 24.2. The maximum absolute atomic E-state index is 11.3. The Morgan fingerprint density at radius 2 is 1.77 bits per heavy atom. The van der Waals surface area contributed by atoms with E-state index in [2.05, 4.69) is 36.9 Å². The van der Waals surface area contributed by atoms with Crippen molar-refractivity contribution in [1.29, 1.82) is 0 Å². The number of fused-ring (bicyclic) bond motifs is 1. The van der Waals surface area contributed by atoms with Gasteiger partial charge in [0, 0.05) is 69.9 Å². The molecule has 0 aliphatic carbocycles. The molecule has 4 aromatic rings. The summed E-state index contributed by atoms with van der Waals surface area (Å²) >= 11 is 0. The number of methoxy groups -OCH3 is 1. The summed E-state index contributed by atoms with van der Waals surface area (Å²) < 4.78 is 7.02. The number of non-ortho nitro benzene ring substituents is 1. The summed E-state index contributed by atoms with van der Waals surface area (Å²) in [4.78, 5) is 22.2. The van der Waals surface area contributed by atoms with Gasteiger partial charge in [0.15, 0.2) is 5.65 Å². The number of anilines is 4. The van der Waals surface area contributed by atoms with Crippen LogP contribution in [0.15, 0.2) is 73.1 Å². The van der Waals surface area contributed by atoms with Gasteiger partial charge in [-0.2, -0.15) is 9.61 Å². The molecule has 10 heteroatoms. The van der Waals surface area contributed by atoms with Crippen molar-refractivity contribution in [1.82, 2.24) is 19.5 Å². The summed E-state index contributed by atoms with van der Waals surface area (Å²) in [6.07, 6.45) is 3.47. The molecule has 0 radical (unpaired) electrons. The fourth-order valence-electron chi connectivity index (χ4n) is 4.46. The van der Waals surface area contributed by atoms with E-state index in [4.69, 9.17) is 4.74 Å². The van der Waals surface area contributed by atoms with Gasteiger partial charge in [-0.3, -0.25) is 19.9 Å². The topological polar surface area (TPSA) is 92.3 Å². The van der Waals surface area contributed by atoms with Gasteiger partial charge in [0.2, 0.25) is 0 Å². The number of nitro benzene ring substituents is 1. The molecule has 5 rings (SSSR count). The van der Waals surface area contributed by atoms with E-state index >= 15 is 0 Å². The first-order valence-electron chi connectivity index (χ1n) is 11.5. The fraction of sp³-hybridized carbons (Fsp3) is 0.280. The highest BCUT2D eigenvalue weighted by atomic mass is 16.6. The number of piperazine rings is 1. The number of hydrogen-bond donors (Lipinski definition) is 0. The minimum atomic E-state index is -0.386. The van der Waals surface area contributed by atoms with Gasteiger partial charge in [-0.15, -0.1) is 0 Å². The second kappa shape index (κ2) is 10.1. The van der Waals surface area contributed by atoms with Crippen molar-refractivity contribution >= 4 is 34.2 Å². The van der Waals surface area contributed by atoms with E-state index in [9.17, 15) is 10.1 Å². The zero-order valence-electron chi connectivity index (χ0n) is 19.5. The highest BCUT2D eigenvalue weighted by Gasteiger charge is 2.24. The van der Waals surface area contributed by atoms with E-state index in [1.807, 2.05) is 24.3 Å². The van der Waals surface area contributed by atoms with Crippen LogP contribution in [-0.4, -0.2) is 70.9 Å². The maximum atomic E-state index is 11.3. The Balaban J connectivity index is 1.57. The monoisotopic (exact) mass is 473 g/mol. The molecular weight excluding hydrogens is 446 g/mol. The summed E-state index contributed by atoms with van der Waals surface area (Å²) in [5, 5.41) is 15.8. The van der Waals surface area contributed by atoms with Crippen molar-refractivity contribution in [3.05, 3.63) is 83.2 Å². The van der Waals surface area contributed by atoms with Gasteiger partial charge < -0.3 is 9.64 Å². The molecule has 0 saturated carbocycles. The average molecular weight is 474 g/mol. The number of nitro groups is 1. The number of aromatic nitrogens is 3. The highest BCUT2D eigenvalue weighted by Crippen LogP contribution is 2.40. The Kier molecular flexibility index (Phi) is 6.55. The lowest BCUT2D eigenvalue weighted by Gasteiger charge is -2.38. The number of rotatable bonds is 8. The number of benzene rings is 2. The fourth-order valence-corrected chi connectivity index (χ4v) is 4.46. The van der Waals surface area contributed by atoms with Gasteiger partial charge in [0.1, 0.15) is 5.82 Å². The number of hydrogen-bond acceptors (Lipinski definition) is 8. The molecule has 1 saturated heterocycles. The van der Waals surface area contributed by atoms with Crippen LogP contribution in [-0.2, 0) is 4.74 Å². The molecule has 2 aromatic carbocycles. The minimum Gasteiger partial charge on any atom is -0.383 e. The van der Waals surface area contributed by atoms with Crippen molar-refractivity contribution < 1.29 is 9.66 Å². The van der Waals surface area contributed by atoms with Crippen LogP contribution in [0.2, 0.25) is 0 Å². The Labute approximate surface area is 203 Å². The number of para-hydroxylation sites is 2. The van der Waals surface area contributed by atoms with Crippen LogP contribution in [0.25, 0.3) is 5.65 Å². The molecule has 0 spiro atoms.